The molecule has 2 rings (SSSR count). The van der Waals surface area contributed by atoms with Crippen LogP contribution in [-0.2, 0) is 4.79 Å². The van der Waals surface area contributed by atoms with E-state index < -0.39 is 0 Å². The molecule has 0 aliphatic heterocycles. The molecule has 2 fully saturated rings. The number of nitrogens with zero attached hydrogens (tertiary/aromatic N) is 1. The Bertz CT molecular complexity index is 210. The number of rotatable bonds is 4. The number of ketones is 1. The Morgan fingerprint density at radius 3 is 2.64 bits per heavy atom. The number of hydrogen-bond donors (Lipinski definition) is 0. The third-order valence-electron chi connectivity index (χ3n) is 3.48. The Balaban J connectivity index is 1.73. The first-order valence-electron chi connectivity index (χ1n) is 5.97. The predicted molar refractivity (Wildman–Crippen MR) is 57.2 cm³/mol. The summed E-state index contributed by atoms with van der Waals surface area (Å²) in [6, 6.07) is 0. The van der Waals surface area contributed by atoms with E-state index in [2.05, 4.69) is 11.9 Å². The van der Waals surface area contributed by atoms with Crippen LogP contribution in [0.1, 0.15) is 38.5 Å². The minimum atomic E-state index is 0.354. The minimum Gasteiger partial charge on any atom is -0.305 e. The van der Waals surface area contributed by atoms with Crippen molar-refractivity contribution >= 4 is 5.78 Å². The maximum Gasteiger partial charge on any atom is 0.137 e. The molecule has 0 aromatic carbocycles. The van der Waals surface area contributed by atoms with Crippen LogP contribution in [-0.4, -0.2) is 30.8 Å². The van der Waals surface area contributed by atoms with Crippen molar-refractivity contribution in [3.8, 4) is 0 Å². The lowest BCUT2D eigenvalue weighted by Crippen LogP contribution is -2.33. The van der Waals surface area contributed by atoms with Gasteiger partial charge in [0.1, 0.15) is 5.78 Å². The molecular weight excluding hydrogens is 174 g/mol. The maximum atomic E-state index is 11.6. The van der Waals surface area contributed by atoms with Crippen LogP contribution in [0.25, 0.3) is 0 Å². The standard InChI is InChI=1S/C12H21NO/c1-13(8-10-6-7-10)9-11-4-2-3-5-12(11)14/h10-11H,2-9H2,1H3. The van der Waals surface area contributed by atoms with E-state index in [1.165, 1.54) is 25.8 Å². The highest BCUT2D eigenvalue weighted by Gasteiger charge is 2.27. The van der Waals surface area contributed by atoms with E-state index in [0.29, 0.717) is 11.7 Å². The molecule has 2 nitrogen and oxygen atoms in total. The van der Waals surface area contributed by atoms with Crippen LogP contribution < -0.4 is 0 Å². The van der Waals surface area contributed by atoms with E-state index in [1.54, 1.807) is 0 Å². The number of carbonyl (C=O) groups is 1. The molecular formula is C12H21NO. The van der Waals surface area contributed by atoms with Gasteiger partial charge in [0.05, 0.1) is 0 Å². The summed E-state index contributed by atoms with van der Waals surface area (Å²) in [6.07, 6.45) is 7.16. The molecule has 80 valence electrons. The lowest BCUT2D eigenvalue weighted by molar-refractivity contribution is -0.125. The van der Waals surface area contributed by atoms with Gasteiger partial charge in [0.15, 0.2) is 0 Å². The zero-order valence-corrected chi connectivity index (χ0v) is 9.17. The first kappa shape index (κ1) is 10.2. The molecule has 2 aliphatic carbocycles. The van der Waals surface area contributed by atoms with Crippen molar-refractivity contribution in [2.75, 3.05) is 20.1 Å². The monoisotopic (exact) mass is 195 g/mol. The molecule has 2 saturated carbocycles. The minimum absolute atomic E-state index is 0.354. The van der Waals surface area contributed by atoms with E-state index in [1.807, 2.05) is 0 Å². The highest BCUT2D eigenvalue weighted by Crippen LogP contribution is 2.30. The molecule has 1 atom stereocenters. The third-order valence-corrected chi connectivity index (χ3v) is 3.48. The van der Waals surface area contributed by atoms with E-state index in [-0.39, 0.29) is 0 Å². The fraction of sp³-hybridized carbons (Fsp3) is 0.917. The van der Waals surface area contributed by atoms with Crippen LogP contribution in [0.3, 0.4) is 0 Å². The molecule has 0 aromatic rings. The summed E-state index contributed by atoms with van der Waals surface area (Å²) in [6.45, 7) is 2.22. The molecule has 0 spiro atoms. The first-order chi connectivity index (χ1) is 6.75. The SMILES string of the molecule is CN(CC1CC1)CC1CCCCC1=O. The highest BCUT2D eigenvalue weighted by atomic mass is 16.1. The maximum absolute atomic E-state index is 11.6. The molecule has 0 saturated heterocycles. The predicted octanol–water partition coefficient (Wildman–Crippen LogP) is 2.09. The van der Waals surface area contributed by atoms with Crippen molar-refractivity contribution in [2.45, 2.75) is 38.5 Å². The van der Waals surface area contributed by atoms with Crippen LogP contribution >= 0.6 is 0 Å². The van der Waals surface area contributed by atoms with Gasteiger partial charge in [-0.1, -0.05) is 6.42 Å². The topological polar surface area (TPSA) is 20.3 Å². The Labute approximate surface area is 86.7 Å². The van der Waals surface area contributed by atoms with Gasteiger partial charge in [-0.05, 0) is 38.6 Å². The normalized spacial score (nSPS) is 28.4. The number of Topliss-reactive ketones (excluding diaryl/α,β-unsaturated/α-hetero) is 1. The van der Waals surface area contributed by atoms with Gasteiger partial charge in [-0.3, -0.25) is 4.79 Å². The van der Waals surface area contributed by atoms with E-state index in [0.717, 1.165) is 31.7 Å². The molecule has 2 aliphatic rings. The fourth-order valence-electron chi connectivity index (χ4n) is 2.44. The lowest BCUT2D eigenvalue weighted by Gasteiger charge is -2.25. The Morgan fingerprint density at radius 1 is 1.21 bits per heavy atom. The molecule has 2 heteroatoms. The highest BCUT2D eigenvalue weighted by molar-refractivity contribution is 5.81. The summed E-state index contributed by atoms with van der Waals surface area (Å²) in [7, 11) is 2.17. The smallest absolute Gasteiger partial charge is 0.137 e. The van der Waals surface area contributed by atoms with Gasteiger partial charge in [-0.15, -0.1) is 0 Å². The second kappa shape index (κ2) is 4.43. The summed E-state index contributed by atoms with van der Waals surface area (Å²) < 4.78 is 0. The van der Waals surface area contributed by atoms with Gasteiger partial charge in [-0.2, -0.15) is 0 Å². The molecule has 0 aromatic heterocycles. The molecule has 14 heavy (non-hydrogen) atoms. The van der Waals surface area contributed by atoms with Crippen molar-refractivity contribution in [1.82, 2.24) is 4.90 Å². The average molecular weight is 195 g/mol. The summed E-state index contributed by atoms with van der Waals surface area (Å²) in [5, 5.41) is 0. The van der Waals surface area contributed by atoms with Gasteiger partial charge in [0.2, 0.25) is 0 Å². The quantitative estimate of drug-likeness (QED) is 0.684. The molecule has 0 N–H and O–H groups in total. The molecule has 0 radical (unpaired) electrons. The van der Waals surface area contributed by atoms with Crippen molar-refractivity contribution in [2.24, 2.45) is 11.8 Å². The Kier molecular flexibility index (Phi) is 3.22. The second-order valence-corrected chi connectivity index (χ2v) is 5.07. The van der Waals surface area contributed by atoms with Crippen LogP contribution in [0.2, 0.25) is 0 Å². The van der Waals surface area contributed by atoms with Gasteiger partial charge in [0.25, 0.3) is 0 Å². The number of carbonyl (C=O) groups excluding carboxylic acids is 1. The fourth-order valence-corrected chi connectivity index (χ4v) is 2.44. The lowest BCUT2D eigenvalue weighted by atomic mass is 9.87. The zero-order valence-electron chi connectivity index (χ0n) is 9.17. The van der Waals surface area contributed by atoms with Crippen molar-refractivity contribution in [1.29, 1.82) is 0 Å². The zero-order chi connectivity index (χ0) is 9.97. The van der Waals surface area contributed by atoms with Gasteiger partial charge in [0, 0.05) is 25.4 Å². The van der Waals surface area contributed by atoms with Crippen LogP contribution in [0.5, 0.6) is 0 Å². The third kappa shape index (κ3) is 2.81. The van der Waals surface area contributed by atoms with Gasteiger partial charge >= 0.3 is 0 Å². The first-order valence-corrected chi connectivity index (χ1v) is 5.97. The molecule has 0 amide bonds. The van der Waals surface area contributed by atoms with E-state index in [9.17, 15) is 4.79 Å². The molecule has 0 bridgehead atoms. The van der Waals surface area contributed by atoms with Crippen molar-refractivity contribution in [3.05, 3.63) is 0 Å². The Hall–Kier alpha value is -0.370. The molecule has 0 heterocycles. The van der Waals surface area contributed by atoms with Gasteiger partial charge < -0.3 is 4.90 Å². The van der Waals surface area contributed by atoms with E-state index >= 15 is 0 Å². The Morgan fingerprint density at radius 2 is 2.00 bits per heavy atom. The largest absolute Gasteiger partial charge is 0.305 e. The number of hydrogen-bond acceptors (Lipinski definition) is 2. The summed E-state index contributed by atoms with van der Waals surface area (Å²) in [4.78, 5) is 14.0. The average Bonchev–Trinajstić information content (AvgIpc) is 2.93. The van der Waals surface area contributed by atoms with Crippen molar-refractivity contribution < 1.29 is 4.79 Å². The van der Waals surface area contributed by atoms with Crippen LogP contribution in [0.4, 0.5) is 0 Å². The summed E-state index contributed by atoms with van der Waals surface area (Å²) >= 11 is 0. The van der Waals surface area contributed by atoms with Crippen LogP contribution in [0.15, 0.2) is 0 Å². The van der Waals surface area contributed by atoms with E-state index in [4.69, 9.17) is 0 Å². The molecule has 1 unspecified atom stereocenters. The summed E-state index contributed by atoms with van der Waals surface area (Å²) in [5.74, 6) is 1.81. The second-order valence-electron chi connectivity index (χ2n) is 5.07. The van der Waals surface area contributed by atoms with Crippen LogP contribution in [0, 0.1) is 11.8 Å². The van der Waals surface area contributed by atoms with Gasteiger partial charge in [-0.25, -0.2) is 0 Å². The van der Waals surface area contributed by atoms with Crippen molar-refractivity contribution in [3.63, 3.8) is 0 Å². The summed E-state index contributed by atoms with van der Waals surface area (Å²) in [5.41, 5.74) is 0.